The summed E-state index contributed by atoms with van der Waals surface area (Å²) in [5.41, 5.74) is 15.6. The van der Waals surface area contributed by atoms with E-state index in [4.69, 9.17) is 4.74 Å². The number of aliphatic hydroxyl groups is 8. The van der Waals surface area contributed by atoms with Crippen LogP contribution in [0.25, 0.3) is 0 Å². The predicted molar refractivity (Wildman–Crippen MR) is 573 cm³/mol. The second-order valence-electron chi connectivity index (χ2n) is 43.3. The zero-order valence-corrected chi connectivity index (χ0v) is 89.8. The monoisotopic (exact) mass is 2010 g/mol. The van der Waals surface area contributed by atoms with Crippen molar-refractivity contribution < 1.29 is 67.5 Å². The Morgan fingerprint density at radius 2 is 0.472 bits per heavy atom. The minimum absolute atomic E-state index is 0.184. The summed E-state index contributed by atoms with van der Waals surface area (Å²) >= 11 is 0. The highest BCUT2D eigenvalue weighted by Crippen LogP contribution is 2.35. The number of aliphatic hydroxyl groups excluding tert-OH is 6. The third-order valence-electron chi connectivity index (χ3n) is 27.7. The van der Waals surface area contributed by atoms with Gasteiger partial charge in [0.2, 0.25) is 0 Å². The lowest BCUT2D eigenvalue weighted by molar-refractivity contribution is 0.00324. The first-order chi connectivity index (χ1) is 68.3. The molecule has 0 saturated carbocycles. The van der Waals surface area contributed by atoms with Gasteiger partial charge in [0, 0.05) is 176 Å². The Hall–Kier alpha value is -9.19. The standard InChI is InChI=1S/2C16H27N3O.C15H24N2O2.5C13H19FN2O/c2*1-13(2)15-7-6-14(10-17-15)19-9-5-8-16(20,12-19)11-18(3)4;1-11(2)14-5-4-13(8-16-14)17-7-6-15(18)12(9-17)10-19-3;5*1-9(2)12-4-3-10(7-15-12)16-6-5-11(14)13(17)8-16/h2*6-7,10,13,20H,5,8-9,11-12H2,1-4H3;4-5,8,11-12,15,18H,6-7,9-10H2,1-3H3;5*3-4,7,9,11,13,17H,5-6,8H2,1-2H3/t2*16-;;2*11-,13+;2*11-,13-;/m10.1010./s1. The number of hydrogen-bond acceptors (Lipinski definition) is 27. The first-order valence-electron chi connectivity index (χ1n) is 52.5. The molecule has 144 heavy (non-hydrogen) atoms. The molecule has 8 saturated heterocycles. The van der Waals surface area contributed by atoms with Crippen molar-refractivity contribution in [2.24, 2.45) is 5.92 Å². The maximum absolute atomic E-state index is 13.1. The van der Waals surface area contributed by atoms with Gasteiger partial charge in [0.05, 0.1) is 119 Å². The van der Waals surface area contributed by atoms with Crippen molar-refractivity contribution in [2.45, 2.75) is 301 Å². The van der Waals surface area contributed by atoms with Gasteiger partial charge < -0.3 is 94.6 Å². The van der Waals surface area contributed by atoms with Crippen LogP contribution in [-0.4, -0.2) is 329 Å². The molecule has 14 atom stereocenters. The van der Waals surface area contributed by atoms with Crippen molar-refractivity contribution >= 4 is 45.5 Å². The molecule has 16 heterocycles. The maximum atomic E-state index is 13.1. The molecule has 4 unspecified atom stereocenters. The van der Waals surface area contributed by atoms with Gasteiger partial charge in [-0.3, -0.25) is 39.9 Å². The van der Waals surface area contributed by atoms with Crippen LogP contribution in [0.4, 0.5) is 67.5 Å². The van der Waals surface area contributed by atoms with E-state index in [0.29, 0.717) is 178 Å². The van der Waals surface area contributed by atoms with Crippen LogP contribution in [0.5, 0.6) is 0 Å². The summed E-state index contributed by atoms with van der Waals surface area (Å²) in [6, 6.07) is 32.6. The van der Waals surface area contributed by atoms with E-state index in [-0.39, 0.29) is 12.0 Å². The lowest BCUT2D eigenvalue weighted by Crippen LogP contribution is -2.53. The normalized spacial score (nSPS) is 24.7. The van der Waals surface area contributed by atoms with Crippen LogP contribution >= 0.6 is 0 Å². The Morgan fingerprint density at radius 3 is 0.639 bits per heavy atom. The fourth-order valence-corrected chi connectivity index (χ4v) is 18.8. The molecule has 8 fully saturated rings. The fraction of sp³-hybridized carbons (Fsp3) is 0.643. The molecule has 0 aliphatic carbocycles. The van der Waals surface area contributed by atoms with Crippen molar-refractivity contribution in [1.29, 1.82) is 0 Å². The summed E-state index contributed by atoms with van der Waals surface area (Å²) in [5, 5.41) is 79.0. The lowest BCUT2D eigenvalue weighted by Gasteiger charge is -2.41. The number of rotatable bonds is 22. The van der Waals surface area contributed by atoms with Gasteiger partial charge in [-0.15, -0.1) is 0 Å². The van der Waals surface area contributed by atoms with Crippen molar-refractivity contribution in [3.05, 3.63) is 192 Å². The molecule has 8 aromatic rings. The second-order valence-corrected chi connectivity index (χ2v) is 43.3. The van der Waals surface area contributed by atoms with E-state index in [0.717, 1.165) is 149 Å². The van der Waals surface area contributed by atoms with Gasteiger partial charge in [-0.2, -0.15) is 0 Å². The molecule has 27 nitrogen and oxygen atoms in total. The van der Waals surface area contributed by atoms with Crippen molar-refractivity contribution in [3.8, 4) is 0 Å². The number of anilines is 8. The molecule has 800 valence electrons. The van der Waals surface area contributed by atoms with E-state index < -0.39 is 72.6 Å². The number of likely N-dealkylation sites (N-methyl/N-ethyl adjacent to an activating group) is 2. The smallest absolute Gasteiger partial charge is 0.129 e. The number of β-amino-alcohol motifs (C(OH)–C–C–N with tert-alkyl or cyclic N) is 7. The number of pyridine rings is 8. The van der Waals surface area contributed by atoms with Crippen LogP contribution in [0.2, 0.25) is 0 Å². The Kier molecular flexibility index (Phi) is 47.2. The molecular formula is C112H173F5N18O9. The van der Waals surface area contributed by atoms with Gasteiger partial charge >= 0.3 is 0 Å². The van der Waals surface area contributed by atoms with Crippen LogP contribution in [0, 0.1) is 5.92 Å². The second kappa shape index (κ2) is 57.4. The molecule has 0 bridgehead atoms. The summed E-state index contributed by atoms with van der Waals surface area (Å²) in [4.78, 5) is 56.3. The number of halogens is 5. The number of alkyl halides is 5. The zero-order chi connectivity index (χ0) is 105. The van der Waals surface area contributed by atoms with Crippen LogP contribution in [0.1, 0.15) is 268 Å². The van der Waals surface area contributed by atoms with E-state index in [2.05, 4.69) is 212 Å². The van der Waals surface area contributed by atoms with Gasteiger partial charge in [0.25, 0.3) is 0 Å². The maximum Gasteiger partial charge on any atom is 0.129 e. The highest BCUT2D eigenvalue weighted by atomic mass is 19.2. The summed E-state index contributed by atoms with van der Waals surface area (Å²) in [6.07, 6.45) is 11.3. The van der Waals surface area contributed by atoms with Crippen molar-refractivity contribution in [2.75, 3.05) is 199 Å². The molecule has 8 aliphatic rings. The fourth-order valence-electron chi connectivity index (χ4n) is 18.8. The number of ether oxygens (including phenoxy) is 1. The molecular weight excluding hydrogens is 1840 g/mol. The van der Waals surface area contributed by atoms with E-state index in [1.165, 1.54) is 0 Å². The first kappa shape index (κ1) is 118. The molecule has 0 radical (unpaired) electrons. The minimum Gasteiger partial charge on any atom is -0.393 e. The van der Waals surface area contributed by atoms with Gasteiger partial charge in [0.1, 0.15) is 61.4 Å². The van der Waals surface area contributed by atoms with Gasteiger partial charge in [-0.05, 0) is 237 Å². The summed E-state index contributed by atoms with van der Waals surface area (Å²) < 4.78 is 70.9. The average Bonchev–Trinajstić information content (AvgIpc) is 0.811. The minimum atomic E-state index is -1.09. The Labute approximate surface area is 856 Å². The van der Waals surface area contributed by atoms with E-state index in [1.54, 1.807) is 38.1 Å². The van der Waals surface area contributed by atoms with Crippen LogP contribution in [0.3, 0.4) is 0 Å². The van der Waals surface area contributed by atoms with Crippen molar-refractivity contribution in [1.82, 2.24) is 49.7 Å². The number of aromatic nitrogens is 8. The largest absolute Gasteiger partial charge is 0.393 e. The molecule has 0 spiro atoms. The quantitative estimate of drug-likeness (QED) is 0.0292. The van der Waals surface area contributed by atoms with E-state index in [9.17, 15) is 62.8 Å². The number of methoxy groups -OCH3 is 1. The molecule has 32 heteroatoms. The number of piperidine rings is 8. The average molecular weight is 2010 g/mol. The van der Waals surface area contributed by atoms with Crippen LogP contribution in [0.15, 0.2) is 147 Å². The van der Waals surface area contributed by atoms with Gasteiger partial charge in [-0.25, -0.2) is 22.0 Å². The molecule has 16 rings (SSSR count). The molecule has 0 aromatic carbocycles. The Balaban J connectivity index is 0.000000184. The SMILES string of the molecule is CC(C)c1ccc(N2CCC(F)C(O)C2)cn1.CC(C)c1ccc(N2CCC[C@@](O)(CN(C)C)C2)cn1.CC(C)c1ccc(N2CCC[C@](O)(CN(C)C)C2)cn1.CC(C)c1ccc(N2CC[C@@H](F)[C@@H](O)C2)cn1.CC(C)c1ccc(N2CC[C@@H](F)[C@H](O)C2)cn1.CC(C)c1ccc(N2CC[C@H](F)[C@@H](O)C2)cn1.CC(C)c1ccc(N2CC[C@H](F)[C@H](O)C2)cn1.COCC1CN(c2ccc(C(C)C)nc2)CCC1O. The summed E-state index contributed by atoms with van der Waals surface area (Å²) in [6.45, 7) is 45.9. The molecule has 8 aliphatic heterocycles. The predicted octanol–water partition coefficient (Wildman–Crippen LogP) is 16.8. The first-order valence-corrected chi connectivity index (χ1v) is 52.5. The number of hydrogen-bond donors (Lipinski definition) is 8. The topological polar surface area (TPSA) is 307 Å². The van der Waals surface area contributed by atoms with E-state index >= 15 is 0 Å². The van der Waals surface area contributed by atoms with Gasteiger partial charge in [0.15, 0.2) is 0 Å². The third kappa shape index (κ3) is 37.0. The summed E-state index contributed by atoms with van der Waals surface area (Å²) in [5.74, 6) is 3.59. The summed E-state index contributed by atoms with van der Waals surface area (Å²) in [7, 11) is 9.72. The molecule has 8 aromatic heterocycles. The van der Waals surface area contributed by atoms with Gasteiger partial charge in [-0.1, -0.05) is 111 Å². The highest BCUT2D eigenvalue weighted by molar-refractivity contribution is 5.52. The van der Waals surface area contributed by atoms with Crippen molar-refractivity contribution in [3.63, 3.8) is 0 Å². The molecule has 0 amide bonds. The third-order valence-corrected chi connectivity index (χ3v) is 27.7. The lowest BCUT2D eigenvalue weighted by atomic mass is 9.92. The Morgan fingerprint density at radius 1 is 0.285 bits per heavy atom. The Bertz CT molecular complexity index is 4410. The highest BCUT2D eigenvalue weighted by Gasteiger charge is 2.38. The van der Waals surface area contributed by atoms with E-state index in [1.807, 2.05) is 132 Å². The zero-order valence-electron chi connectivity index (χ0n) is 89.8. The molecule has 8 N–H and O–H groups in total. The van der Waals surface area contributed by atoms with Crippen LogP contribution in [-0.2, 0) is 4.74 Å². The van der Waals surface area contributed by atoms with Crippen LogP contribution < -0.4 is 39.2 Å². The number of nitrogens with zero attached hydrogens (tertiary/aromatic N) is 18.